The maximum absolute atomic E-state index is 5.62. The summed E-state index contributed by atoms with van der Waals surface area (Å²) in [5, 5.41) is 13.0. The van der Waals surface area contributed by atoms with Crippen molar-refractivity contribution in [1.29, 1.82) is 0 Å². The van der Waals surface area contributed by atoms with Crippen molar-refractivity contribution in [2.75, 3.05) is 17.7 Å². The second-order valence-corrected chi connectivity index (χ2v) is 7.54. The van der Waals surface area contributed by atoms with Crippen LogP contribution in [0.25, 0.3) is 0 Å². The van der Waals surface area contributed by atoms with Crippen molar-refractivity contribution >= 4 is 28.2 Å². The molecular formula is C13H21N3OS2. The number of ether oxygens (including phenoxy) is 1. The molecule has 1 unspecified atom stereocenters. The van der Waals surface area contributed by atoms with Crippen molar-refractivity contribution < 1.29 is 4.74 Å². The van der Waals surface area contributed by atoms with E-state index in [4.69, 9.17) is 4.74 Å². The smallest absolute Gasteiger partial charge is 0.206 e. The third kappa shape index (κ3) is 4.07. The molecule has 6 heteroatoms. The molecule has 106 valence electrons. The molecule has 0 amide bonds. The summed E-state index contributed by atoms with van der Waals surface area (Å²) in [5.41, 5.74) is 0. The summed E-state index contributed by atoms with van der Waals surface area (Å²) >= 11 is 3.46. The third-order valence-corrected chi connectivity index (χ3v) is 5.88. The molecule has 1 saturated carbocycles. The number of hydrogen-bond donors (Lipinski definition) is 1. The van der Waals surface area contributed by atoms with Crippen LogP contribution >= 0.6 is 23.1 Å². The highest BCUT2D eigenvalue weighted by Crippen LogP contribution is 2.30. The van der Waals surface area contributed by atoms with E-state index in [2.05, 4.69) is 15.5 Å². The monoisotopic (exact) mass is 299 g/mol. The van der Waals surface area contributed by atoms with E-state index in [0.29, 0.717) is 12.1 Å². The summed E-state index contributed by atoms with van der Waals surface area (Å²) in [5.74, 6) is 1.01. The lowest BCUT2D eigenvalue weighted by Gasteiger charge is -2.21. The van der Waals surface area contributed by atoms with Gasteiger partial charge in [0.25, 0.3) is 0 Å². The van der Waals surface area contributed by atoms with Gasteiger partial charge in [-0.15, -0.1) is 10.2 Å². The molecule has 1 aliphatic heterocycles. The second-order valence-electron chi connectivity index (χ2n) is 5.30. The van der Waals surface area contributed by atoms with Crippen molar-refractivity contribution in [1.82, 2.24) is 10.2 Å². The van der Waals surface area contributed by atoms with Gasteiger partial charge in [-0.05, 0) is 25.7 Å². The lowest BCUT2D eigenvalue weighted by Crippen LogP contribution is -2.21. The molecule has 4 nitrogen and oxygen atoms in total. The van der Waals surface area contributed by atoms with Crippen molar-refractivity contribution in [3.8, 4) is 0 Å². The van der Waals surface area contributed by atoms with Gasteiger partial charge in [-0.3, -0.25) is 0 Å². The summed E-state index contributed by atoms with van der Waals surface area (Å²) in [4.78, 5) is 0. The molecular weight excluding hydrogens is 278 g/mol. The minimum absolute atomic E-state index is 0.420. The first-order valence-electron chi connectivity index (χ1n) is 7.24. The van der Waals surface area contributed by atoms with Crippen LogP contribution in [0.2, 0.25) is 0 Å². The molecule has 0 bridgehead atoms. The Bertz CT molecular complexity index is 387. The summed E-state index contributed by atoms with van der Waals surface area (Å²) in [6, 6.07) is 0.609. The van der Waals surface area contributed by atoms with E-state index in [1.165, 1.54) is 44.9 Å². The fraction of sp³-hybridized carbons (Fsp3) is 0.846. The van der Waals surface area contributed by atoms with E-state index in [1.807, 2.05) is 0 Å². The van der Waals surface area contributed by atoms with Crippen molar-refractivity contribution in [3.05, 3.63) is 0 Å². The van der Waals surface area contributed by atoms with Gasteiger partial charge in [0, 0.05) is 18.4 Å². The molecule has 1 aliphatic carbocycles. The number of hydrogen-bond acceptors (Lipinski definition) is 6. The van der Waals surface area contributed by atoms with Gasteiger partial charge in [-0.2, -0.15) is 0 Å². The first-order chi connectivity index (χ1) is 9.40. The van der Waals surface area contributed by atoms with E-state index in [0.717, 1.165) is 21.8 Å². The fourth-order valence-electron chi connectivity index (χ4n) is 2.69. The molecule has 0 spiro atoms. The fourth-order valence-corrected chi connectivity index (χ4v) is 4.61. The average Bonchev–Trinajstić information content (AvgIpc) is 3.09. The molecule has 3 rings (SSSR count). The molecule has 1 N–H and O–H groups in total. The van der Waals surface area contributed by atoms with Crippen LogP contribution in [0.15, 0.2) is 4.34 Å². The van der Waals surface area contributed by atoms with Crippen LogP contribution in [0.4, 0.5) is 5.13 Å². The highest BCUT2D eigenvalue weighted by Gasteiger charge is 2.18. The topological polar surface area (TPSA) is 47.0 Å². The van der Waals surface area contributed by atoms with Crippen LogP contribution in [0.3, 0.4) is 0 Å². The quantitative estimate of drug-likeness (QED) is 0.842. The Morgan fingerprint density at radius 1 is 1.16 bits per heavy atom. The highest BCUT2D eigenvalue weighted by atomic mass is 32.2. The van der Waals surface area contributed by atoms with Crippen LogP contribution in [-0.4, -0.2) is 34.7 Å². The summed E-state index contributed by atoms with van der Waals surface area (Å²) in [7, 11) is 0. The van der Waals surface area contributed by atoms with Crippen LogP contribution in [0.1, 0.15) is 44.9 Å². The molecule has 1 saturated heterocycles. The lowest BCUT2D eigenvalue weighted by molar-refractivity contribution is 0.129. The number of rotatable bonds is 5. The molecule has 1 atom stereocenters. The maximum Gasteiger partial charge on any atom is 0.206 e. The van der Waals surface area contributed by atoms with E-state index in [1.54, 1.807) is 23.1 Å². The zero-order chi connectivity index (χ0) is 12.9. The summed E-state index contributed by atoms with van der Waals surface area (Å²) in [6.07, 6.45) is 9.44. The minimum atomic E-state index is 0.420. The van der Waals surface area contributed by atoms with E-state index < -0.39 is 0 Å². The van der Waals surface area contributed by atoms with Gasteiger partial charge < -0.3 is 10.1 Å². The predicted molar refractivity (Wildman–Crippen MR) is 80.1 cm³/mol. The second kappa shape index (κ2) is 6.90. The van der Waals surface area contributed by atoms with E-state index in [-0.39, 0.29) is 0 Å². The largest absolute Gasteiger partial charge is 0.377 e. The number of aromatic nitrogens is 2. The molecule has 2 heterocycles. The van der Waals surface area contributed by atoms with Crippen LogP contribution < -0.4 is 5.32 Å². The zero-order valence-electron chi connectivity index (χ0n) is 11.1. The Balaban J connectivity index is 1.45. The SMILES string of the molecule is C1CCC(Nc2nnc(SCC3CCCO3)s2)CC1. The Hall–Kier alpha value is -0.330. The van der Waals surface area contributed by atoms with Crippen LogP contribution in [0, 0.1) is 0 Å². The standard InChI is InChI=1S/C13H21N3OS2/c1-2-5-10(6-3-1)14-12-15-16-13(19-12)18-9-11-7-4-8-17-11/h10-11H,1-9H2,(H,14,15). The first-order valence-corrected chi connectivity index (χ1v) is 9.05. The zero-order valence-corrected chi connectivity index (χ0v) is 12.8. The van der Waals surface area contributed by atoms with Gasteiger partial charge in [0.2, 0.25) is 5.13 Å². The third-order valence-electron chi connectivity index (χ3n) is 3.76. The van der Waals surface area contributed by atoms with Gasteiger partial charge in [-0.25, -0.2) is 0 Å². The number of thioether (sulfide) groups is 1. The molecule has 0 radical (unpaired) electrons. The Morgan fingerprint density at radius 2 is 2.05 bits per heavy atom. The Kier molecular flexibility index (Phi) is 4.96. The average molecular weight is 299 g/mol. The molecule has 2 fully saturated rings. The lowest BCUT2D eigenvalue weighted by atomic mass is 9.96. The minimum Gasteiger partial charge on any atom is -0.377 e. The van der Waals surface area contributed by atoms with Crippen molar-refractivity contribution in [2.45, 2.75) is 61.4 Å². The van der Waals surface area contributed by atoms with Gasteiger partial charge >= 0.3 is 0 Å². The van der Waals surface area contributed by atoms with Crippen LogP contribution in [-0.2, 0) is 4.74 Å². The maximum atomic E-state index is 5.62. The van der Waals surface area contributed by atoms with E-state index >= 15 is 0 Å². The molecule has 1 aromatic heterocycles. The molecule has 2 aliphatic rings. The summed E-state index contributed by atoms with van der Waals surface area (Å²) in [6.45, 7) is 0.926. The molecule has 1 aromatic rings. The first kappa shape index (κ1) is 13.6. The van der Waals surface area contributed by atoms with Gasteiger partial charge in [0.15, 0.2) is 4.34 Å². The van der Waals surface area contributed by atoms with Crippen molar-refractivity contribution in [3.63, 3.8) is 0 Å². The Labute approximate surface area is 122 Å². The van der Waals surface area contributed by atoms with Gasteiger partial charge in [0.1, 0.15) is 0 Å². The van der Waals surface area contributed by atoms with Gasteiger partial charge in [0.05, 0.1) is 6.10 Å². The highest BCUT2D eigenvalue weighted by molar-refractivity contribution is 8.01. The molecule has 0 aromatic carbocycles. The summed E-state index contributed by atoms with van der Waals surface area (Å²) < 4.78 is 6.69. The predicted octanol–water partition coefficient (Wildman–Crippen LogP) is 3.55. The van der Waals surface area contributed by atoms with E-state index in [9.17, 15) is 0 Å². The number of nitrogens with zero attached hydrogens (tertiary/aromatic N) is 2. The number of anilines is 1. The normalized spacial score (nSPS) is 24.7. The van der Waals surface area contributed by atoms with Crippen molar-refractivity contribution in [2.24, 2.45) is 0 Å². The molecule has 19 heavy (non-hydrogen) atoms. The Morgan fingerprint density at radius 3 is 2.84 bits per heavy atom. The van der Waals surface area contributed by atoms with Gasteiger partial charge in [-0.1, -0.05) is 42.4 Å². The van der Waals surface area contributed by atoms with Crippen LogP contribution in [0.5, 0.6) is 0 Å². The number of nitrogens with one attached hydrogen (secondary N) is 1.